The lowest BCUT2D eigenvalue weighted by atomic mass is 9.76. The summed E-state index contributed by atoms with van der Waals surface area (Å²) in [7, 11) is 1.61. The third kappa shape index (κ3) is 5.41. The zero-order valence-electron chi connectivity index (χ0n) is 22.4. The number of methoxy groups -OCH3 is 1. The monoisotopic (exact) mass is 596 g/mol. The minimum atomic E-state index is -0.271. The smallest absolute Gasteiger partial charge is 0.175 e. The zero-order chi connectivity index (χ0) is 27.6. The summed E-state index contributed by atoms with van der Waals surface area (Å²) in [6.07, 6.45) is 7.60. The summed E-state index contributed by atoms with van der Waals surface area (Å²) in [6.45, 7) is 2.46. The van der Waals surface area contributed by atoms with E-state index in [1.807, 2.05) is 18.3 Å². The van der Waals surface area contributed by atoms with E-state index in [2.05, 4.69) is 82.8 Å². The molecule has 2 aliphatic rings. The van der Waals surface area contributed by atoms with Crippen molar-refractivity contribution in [2.75, 3.05) is 12.4 Å². The van der Waals surface area contributed by atoms with Crippen molar-refractivity contribution in [1.29, 1.82) is 0 Å². The van der Waals surface area contributed by atoms with Gasteiger partial charge in [-0.25, -0.2) is 4.39 Å². The Hall–Kier alpha value is -3.90. The molecule has 4 aromatic carbocycles. The first-order chi connectivity index (χ1) is 19.5. The number of halogens is 2. The number of aryl methyl sites for hydroxylation is 1. The van der Waals surface area contributed by atoms with Gasteiger partial charge in [0.05, 0.1) is 23.3 Å². The minimum Gasteiger partial charge on any atom is -0.493 e. The van der Waals surface area contributed by atoms with E-state index in [9.17, 15) is 4.39 Å². The highest BCUT2D eigenvalue weighted by atomic mass is 79.9. The Morgan fingerprint density at radius 2 is 1.82 bits per heavy atom. The second-order valence-electron chi connectivity index (χ2n) is 10.4. The van der Waals surface area contributed by atoms with Crippen molar-refractivity contribution in [3.63, 3.8) is 0 Å². The molecule has 0 unspecified atom stereocenters. The fourth-order valence-electron chi connectivity index (χ4n) is 5.65. The SMILES string of the molecule is COc1cc(C=Nc2ccc([C@@H]3Nc4ccc(C)cc4[C@H]4C=CC[C@H]43)cc2)cc(Br)c1OCc1ccc(F)cc1. The Balaban J connectivity index is 1.16. The van der Waals surface area contributed by atoms with Crippen LogP contribution in [0.2, 0.25) is 0 Å². The molecule has 0 amide bonds. The molecule has 40 heavy (non-hydrogen) atoms. The molecule has 1 heterocycles. The van der Waals surface area contributed by atoms with Crippen molar-refractivity contribution < 1.29 is 13.9 Å². The molecular weight excluding hydrogens is 567 g/mol. The molecule has 0 radical (unpaired) electrons. The highest BCUT2D eigenvalue weighted by Gasteiger charge is 2.37. The van der Waals surface area contributed by atoms with E-state index in [4.69, 9.17) is 14.5 Å². The Labute approximate surface area is 242 Å². The molecule has 4 nitrogen and oxygen atoms in total. The first kappa shape index (κ1) is 26.3. The van der Waals surface area contributed by atoms with Crippen molar-refractivity contribution in [3.8, 4) is 11.5 Å². The largest absolute Gasteiger partial charge is 0.493 e. The molecule has 6 heteroatoms. The van der Waals surface area contributed by atoms with Crippen molar-refractivity contribution in [3.05, 3.63) is 129 Å². The van der Waals surface area contributed by atoms with Crippen LogP contribution in [0, 0.1) is 18.7 Å². The highest BCUT2D eigenvalue weighted by Crippen LogP contribution is 2.50. The van der Waals surface area contributed by atoms with Gasteiger partial charge in [-0.3, -0.25) is 4.99 Å². The van der Waals surface area contributed by atoms with Gasteiger partial charge in [-0.2, -0.15) is 0 Å². The predicted molar refractivity (Wildman–Crippen MR) is 163 cm³/mol. The van der Waals surface area contributed by atoms with E-state index in [0.717, 1.165) is 27.7 Å². The highest BCUT2D eigenvalue weighted by molar-refractivity contribution is 9.10. The maximum atomic E-state index is 13.2. The zero-order valence-corrected chi connectivity index (χ0v) is 24.0. The van der Waals surface area contributed by atoms with Gasteiger partial charge in [-0.1, -0.05) is 54.1 Å². The van der Waals surface area contributed by atoms with E-state index in [1.165, 1.54) is 34.5 Å². The molecule has 1 aliphatic carbocycles. The predicted octanol–water partition coefficient (Wildman–Crippen LogP) is 9.06. The lowest BCUT2D eigenvalue weighted by Gasteiger charge is -2.37. The van der Waals surface area contributed by atoms with Gasteiger partial charge >= 0.3 is 0 Å². The van der Waals surface area contributed by atoms with Crippen LogP contribution in [0.4, 0.5) is 15.8 Å². The van der Waals surface area contributed by atoms with Crippen molar-refractivity contribution in [1.82, 2.24) is 0 Å². The number of nitrogens with one attached hydrogen (secondary N) is 1. The average molecular weight is 598 g/mol. The first-order valence-electron chi connectivity index (χ1n) is 13.4. The molecule has 1 N–H and O–H groups in total. The summed E-state index contributed by atoms with van der Waals surface area (Å²) < 4.78 is 25.5. The Morgan fingerprint density at radius 1 is 1.02 bits per heavy atom. The third-order valence-corrected chi connectivity index (χ3v) is 8.27. The molecule has 6 rings (SSSR count). The molecular formula is C34H30BrFN2O2. The third-order valence-electron chi connectivity index (χ3n) is 7.68. The molecule has 0 saturated carbocycles. The molecule has 0 fully saturated rings. The average Bonchev–Trinajstić information content (AvgIpc) is 3.47. The number of rotatable bonds is 7. The molecule has 0 aromatic heterocycles. The Morgan fingerprint density at radius 3 is 2.60 bits per heavy atom. The van der Waals surface area contributed by atoms with Crippen molar-refractivity contribution in [2.24, 2.45) is 10.9 Å². The lowest BCUT2D eigenvalue weighted by Crippen LogP contribution is -2.29. The lowest BCUT2D eigenvalue weighted by molar-refractivity contribution is 0.282. The standard InChI is InChI=1S/C34H30BrFN2O2/c1-21-6-15-31-29(16-21)27-4-3-5-28(27)33(38-31)24-9-13-26(14-10-24)37-19-23-17-30(35)34(32(18-23)39-2)40-20-22-7-11-25(36)12-8-22/h3-4,6-19,27-28,33,38H,5,20H2,1-2H3/t27-,28+,33-/m0/s1. The number of anilines is 1. The minimum absolute atomic E-state index is 0.260. The topological polar surface area (TPSA) is 42.8 Å². The summed E-state index contributed by atoms with van der Waals surface area (Å²) in [6, 6.07) is 25.6. The van der Waals surface area contributed by atoms with E-state index in [0.29, 0.717) is 29.9 Å². The van der Waals surface area contributed by atoms with Crippen LogP contribution in [0.25, 0.3) is 0 Å². The quantitative estimate of drug-likeness (QED) is 0.171. The number of fused-ring (bicyclic) bond motifs is 3. The Bertz CT molecular complexity index is 1580. The van der Waals surface area contributed by atoms with Crippen LogP contribution in [0.15, 0.2) is 100 Å². The molecule has 202 valence electrons. The van der Waals surface area contributed by atoms with Gasteiger partial charge in [-0.05, 0) is 99.9 Å². The van der Waals surface area contributed by atoms with Crippen LogP contribution in [-0.2, 0) is 6.61 Å². The van der Waals surface area contributed by atoms with Crippen LogP contribution < -0.4 is 14.8 Å². The number of hydrogen-bond donors (Lipinski definition) is 1. The van der Waals surface area contributed by atoms with Crippen LogP contribution in [-0.4, -0.2) is 13.3 Å². The summed E-state index contributed by atoms with van der Waals surface area (Å²) in [5.41, 5.74) is 7.84. The van der Waals surface area contributed by atoms with Crippen molar-refractivity contribution in [2.45, 2.75) is 31.9 Å². The number of benzene rings is 4. The van der Waals surface area contributed by atoms with E-state index >= 15 is 0 Å². The van der Waals surface area contributed by atoms with E-state index in [-0.39, 0.29) is 11.9 Å². The molecule has 0 saturated heterocycles. The second kappa shape index (κ2) is 11.3. The molecule has 0 bridgehead atoms. The summed E-state index contributed by atoms with van der Waals surface area (Å²) >= 11 is 3.60. The van der Waals surface area contributed by atoms with Crippen molar-refractivity contribution >= 4 is 33.5 Å². The first-order valence-corrected chi connectivity index (χ1v) is 14.2. The molecule has 3 atom stereocenters. The Kier molecular flexibility index (Phi) is 7.44. The van der Waals surface area contributed by atoms with E-state index < -0.39 is 0 Å². The van der Waals surface area contributed by atoms with Gasteiger partial charge in [-0.15, -0.1) is 0 Å². The molecule has 0 spiro atoms. The van der Waals surface area contributed by atoms with Gasteiger partial charge in [0.15, 0.2) is 11.5 Å². The maximum Gasteiger partial charge on any atom is 0.175 e. The van der Waals surface area contributed by atoms with E-state index in [1.54, 1.807) is 19.2 Å². The number of aliphatic imine (C=N–C) groups is 1. The van der Waals surface area contributed by atoms with Crippen LogP contribution in [0.5, 0.6) is 11.5 Å². The van der Waals surface area contributed by atoms with Gasteiger partial charge in [0.1, 0.15) is 12.4 Å². The fourth-order valence-corrected chi connectivity index (χ4v) is 6.23. The van der Waals surface area contributed by atoms with Gasteiger partial charge in [0.2, 0.25) is 0 Å². The number of hydrogen-bond acceptors (Lipinski definition) is 4. The maximum absolute atomic E-state index is 13.2. The summed E-state index contributed by atoms with van der Waals surface area (Å²) in [5, 5.41) is 3.81. The summed E-state index contributed by atoms with van der Waals surface area (Å²) in [5.74, 6) is 1.87. The van der Waals surface area contributed by atoms with Gasteiger partial charge in [0, 0.05) is 17.8 Å². The molecule has 4 aromatic rings. The molecule has 1 aliphatic heterocycles. The fraction of sp³-hybridized carbons (Fsp3) is 0.206. The van der Waals surface area contributed by atoms with Crippen LogP contribution >= 0.6 is 15.9 Å². The van der Waals surface area contributed by atoms with Gasteiger partial charge in [0.25, 0.3) is 0 Å². The van der Waals surface area contributed by atoms with Gasteiger partial charge < -0.3 is 14.8 Å². The number of ether oxygens (including phenoxy) is 2. The number of nitrogens with zero attached hydrogens (tertiary/aromatic N) is 1. The van der Waals surface area contributed by atoms with Crippen LogP contribution in [0.1, 0.15) is 46.2 Å². The summed E-state index contributed by atoms with van der Waals surface area (Å²) in [4.78, 5) is 4.71. The number of allylic oxidation sites excluding steroid dienone is 2. The normalized spacial score (nSPS) is 19.2. The second-order valence-corrected chi connectivity index (χ2v) is 11.2. The van der Waals surface area contributed by atoms with Crippen LogP contribution in [0.3, 0.4) is 0 Å².